The van der Waals surface area contributed by atoms with Crippen LogP contribution in [0.3, 0.4) is 0 Å². The quantitative estimate of drug-likeness (QED) is 0.598. The molecule has 0 spiro atoms. The molecule has 33 heavy (non-hydrogen) atoms. The summed E-state index contributed by atoms with van der Waals surface area (Å²) in [7, 11) is 2.17. The summed E-state index contributed by atoms with van der Waals surface area (Å²) in [6.07, 6.45) is 2.99. The van der Waals surface area contributed by atoms with Gasteiger partial charge in [-0.15, -0.1) is 0 Å². The molecule has 5 nitrogen and oxygen atoms in total. The molecule has 0 radical (unpaired) electrons. The zero-order valence-electron chi connectivity index (χ0n) is 19.7. The van der Waals surface area contributed by atoms with Gasteiger partial charge in [-0.1, -0.05) is 25.1 Å². The number of benzene rings is 2. The molecule has 2 aliphatic rings. The molecule has 0 N–H and O–H groups in total. The summed E-state index contributed by atoms with van der Waals surface area (Å²) in [5.74, 6) is -0.0638. The Morgan fingerprint density at radius 1 is 0.939 bits per heavy atom. The molecule has 174 valence electrons. The van der Waals surface area contributed by atoms with Crippen LogP contribution in [0.15, 0.2) is 42.5 Å². The number of carbonyl (C=O) groups is 1. The number of piperazine rings is 1. The number of fused-ring (bicyclic) bond motifs is 3. The van der Waals surface area contributed by atoms with Crippen LogP contribution < -0.4 is 4.90 Å². The van der Waals surface area contributed by atoms with Gasteiger partial charge in [0.1, 0.15) is 5.82 Å². The Labute approximate surface area is 195 Å². The van der Waals surface area contributed by atoms with E-state index in [0.717, 1.165) is 63.2 Å². The lowest BCUT2D eigenvalue weighted by Gasteiger charge is -2.34. The molecule has 6 heteroatoms. The summed E-state index contributed by atoms with van der Waals surface area (Å²) in [5, 5.41) is 1.33. The van der Waals surface area contributed by atoms with E-state index in [1.165, 1.54) is 34.3 Å². The summed E-state index contributed by atoms with van der Waals surface area (Å²) < 4.78 is 15.5. The molecule has 1 saturated heterocycles. The molecule has 1 aromatic heterocycles. The van der Waals surface area contributed by atoms with Crippen molar-refractivity contribution in [2.45, 2.75) is 26.2 Å². The first-order chi connectivity index (χ1) is 16.0. The number of rotatable bonds is 5. The minimum absolute atomic E-state index is 0.147. The van der Waals surface area contributed by atoms with Crippen LogP contribution in [0.2, 0.25) is 0 Å². The zero-order valence-corrected chi connectivity index (χ0v) is 19.7. The smallest absolute Gasteiger partial charge is 0.241 e. The predicted molar refractivity (Wildman–Crippen MR) is 131 cm³/mol. The first-order valence-electron chi connectivity index (χ1n) is 12.1. The maximum Gasteiger partial charge on any atom is 0.241 e. The molecule has 2 aliphatic heterocycles. The molecule has 0 saturated carbocycles. The number of anilines is 1. The fourth-order valence-electron chi connectivity index (χ4n) is 5.41. The number of amides is 1. The highest BCUT2D eigenvalue weighted by Gasteiger charge is 2.26. The van der Waals surface area contributed by atoms with Crippen LogP contribution in [0.1, 0.15) is 23.7 Å². The molecule has 1 fully saturated rings. The molecule has 0 atom stereocenters. The van der Waals surface area contributed by atoms with Gasteiger partial charge in [-0.3, -0.25) is 9.69 Å². The molecule has 3 heterocycles. The maximum absolute atomic E-state index is 13.1. The Kier molecular flexibility index (Phi) is 6.21. The van der Waals surface area contributed by atoms with Gasteiger partial charge in [-0.25, -0.2) is 4.39 Å². The zero-order chi connectivity index (χ0) is 22.9. The molecule has 3 aromatic rings. The largest absolute Gasteiger partial charge is 0.347 e. The van der Waals surface area contributed by atoms with Crippen LogP contribution in [0, 0.1) is 5.82 Å². The van der Waals surface area contributed by atoms with Crippen LogP contribution >= 0.6 is 0 Å². The predicted octanol–water partition coefficient (Wildman–Crippen LogP) is 3.63. The highest BCUT2D eigenvalue weighted by Crippen LogP contribution is 2.32. The van der Waals surface area contributed by atoms with Crippen molar-refractivity contribution in [1.82, 2.24) is 14.4 Å². The Morgan fingerprint density at radius 3 is 2.48 bits per heavy atom. The van der Waals surface area contributed by atoms with Gasteiger partial charge in [0.2, 0.25) is 5.91 Å². The van der Waals surface area contributed by atoms with E-state index in [0.29, 0.717) is 13.1 Å². The number of carbonyl (C=O) groups excluding carboxylic acids is 1. The lowest BCUT2D eigenvalue weighted by molar-refractivity contribution is -0.121. The highest BCUT2D eigenvalue weighted by molar-refractivity contribution is 5.98. The van der Waals surface area contributed by atoms with Crippen LogP contribution in [0.4, 0.5) is 10.1 Å². The monoisotopic (exact) mass is 448 g/mol. The fourth-order valence-corrected chi connectivity index (χ4v) is 5.41. The third-order valence-electron chi connectivity index (χ3n) is 7.45. The first kappa shape index (κ1) is 22.1. The van der Waals surface area contributed by atoms with Gasteiger partial charge < -0.3 is 14.4 Å². The summed E-state index contributed by atoms with van der Waals surface area (Å²) in [4.78, 5) is 19.7. The second kappa shape index (κ2) is 9.27. The van der Waals surface area contributed by atoms with E-state index in [4.69, 9.17) is 0 Å². The molecular weight excluding hydrogens is 415 g/mol. The van der Waals surface area contributed by atoms with E-state index >= 15 is 0 Å². The van der Waals surface area contributed by atoms with E-state index < -0.39 is 0 Å². The number of likely N-dealkylation sites (N-methyl/N-ethyl adjacent to an activating group) is 1. The average Bonchev–Trinajstić information content (AvgIpc) is 2.97. The number of aromatic nitrogens is 1. The lowest BCUT2D eigenvalue weighted by Crippen LogP contribution is -2.50. The van der Waals surface area contributed by atoms with Crippen LogP contribution in [0.25, 0.3) is 10.9 Å². The number of aryl methyl sites for hydroxylation is 1. The molecule has 5 rings (SSSR count). The van der Waals surface area contributed by atoms with Gasteiger partial charge >= 0.3 is 0 Å². The Morgan fingerprint density at radius 2 is 1.73 bits per heavy atom. The van der Waals surface area contributed by atoms with E-state index in [1.807, 2.05) is 17.0 Å². The Bertz CT molecular complexity index is 1150. The molecule has 0 aliphatic carbocycles. The molecule has 1 amide bonds. The van der Waals surface area contributed by atoms with Gasteiger partial charge in [0.15, 0.2) is 0 Å². The molecule has 2 aromatic carbocycles. The summed E-state index contributed by atoms with van der Waals surface area (Å²) in [5.41, 5.74) is 6.25. The second-order valence-corrected chi connectivity index (χ2v) is 9.32. The minimum Gasteiger partial charge on any atom is -0.347 e. The van der Waals surface area contributed by atoms with Gasteiger partial charge in [-0.05, 0) is 54.8 Å². The van der Waals surface area contributed by atoms with E-state index in [1.54, 1.807) is 0 Å². The molecule has 0 bridgehead atoms. The summed E-state index contributed by atoms with van der Waals surface area (Å²) >= 11 is 0. The molecular formula is C27H33FN4O. The fraction of sp³-hybridized carbons (Fsp3) is 0.444. The second-order valence-electron chi connectivity index (χ2n) is 9.32. The normalized spacial score (nSPS) is 18.0. The van der Waals surface area contributed by atoms with E-state index in [9.17, 15) is 9.18 Å². The number of halogens is 1. The number of nitrogens with zero attached hydrogens (tertiary/aromatic N) is 4. The van der Waals surface area contributed by atoms with Crippen LogP contribution in [-0.4, -0.2) is 66.1 Å². The average molecular weight is 449 g/mol. The number of hydrogen-bond acceptors (Lipinski definition) is 3. The third kappa shape index (κ3) is 4.42. The van der Waals surface area contributed by atoms with Gasteiger partial charge in [0, 0.05) is 63.0 Å². The van der Waals surface area contributed by atoms with Crippen LogP contribution in [0.5, 0.6) is 0 Å². The minimum atomic E-state index is -0.211. The third-order valence-corrected chi connectivity index (χ3v) is 7.45. The topological polar surface area (TPSA) is 31.7 Å². The summed E-state index contributed by atoms with van der Waals surface area (Å²) in [6, 6.07) is 13.2. The maximum atomic E-state index is 13.1. The van der Waals surface area contributed by atoms with Crippen molar-refractivity contribution in [2.75, 3.05) is 50.7 Å². The van der Waals surface area contributed by atoms with E-state index in [2.05, 4.69) is 46.5 Å². The number of hydrogen-bond donors (Lipinski definition) is 0. The van der Waals surface area contributed by atoms with Gasteiger partial charge in [-0.2, -0.15) is 0 Å². The van der Waals surface area contributed by atoms with E-state index in [-0.39, 0.29) is 11.7 Å². The van der Waals surface area contributed by atoms with Gasteiger partial charge in [0.25, 0.3) is 0 Å². The lowest BCUT2D eigenvalue weighted by atomic mass is 10.1. The summed E-state index contributed by atoms with van der Waals surface area (Å²) in [6.45, 7) is 8.35. The first-order valence-corrected chi connectivity index (χ1v) is 12.1. The Balaban J connectivity index is 1.28. The SMILES string of the molecule is CCN1CCc2c(n(C)c3cc(N4CCN(CCc5ccc(F)cc5)CC4=O)ccc23)CC1. The van der Waals surface area contributed by atoms with Gasteiger partial charge in [0.05, 0.1) is 12.1 Å². The van der Waals surface area contributed by atoms with Crippen molar-refractivity contribution in [3.8, 4) is 0 Å². The van der Waals surface area contributed by atoms with Crippen molar-refractivity contribution < 1.29 is 9.18 Å². The van der Waals surface area contributed by atoms with Crippen molar-refractivity contribution in [3.63, 3.8) is 0 Å². The van der Waals surface area contributed by atoms with Crippen molar-refractivity contribution in [3.05, 3.63) is 65.1 Å². The highest BCUT2D eigenvalue weighted by atomic mass is 19.1. The van der Waals surface area contributed by atoms with Crippen molar-refractivity contribution in [2.24, 2.45) is 7.05 Å². The van der Waals surface area contributed by atoms with Crippen LogP contribution in [-0.2, 0) is 31.1 Å². The van der Waals surface area contributed by atoms with Crippen molar-refractivity contribution in [1.29, 1.82) is 0 Å². The Hall–Kier alpha value is -2.70. The molecule has 0 unspecified atom stereocenters. The van der Waals surface area contributed by atoms with Crippen molar-refractivity contribution >= 4 is 22.5 Å². The standard InChI is InChI=1S/C27H33FN4O/c1-3-30-14-11-24-23-9-8-22(18-26(23)29(2)25(24)12-15-30)32-17-16-31(19-27(32)33)13-10-20-4-6-21(28)7-5-20/h4-9,18H,3,10-17,19H2,1-2H3.